The van der Waals surface area contributed by atoms with Gasteiger partial charge >= 0.3 is 0 Å². The van der Waals surface area contributed by atoms with Gasteiger partial charge in [0.1, 0.15) is 11.6 Å². The van der Waals surface area contributed by atoms with E-state index < -0.39 is 5.91 Å². The highest BCUT2D eigenvalue weighted by atomic mass is 35.5. The van der Waals surface area contributed by atoms with Gasteiger partial charge in [0.05, 0.1) is 0 Å². The average molecular weight is 278 g/mol. The summed E-state index contributed by atoms with van der Waals surface area (Å²) in [6.07, 6.45) is 2.36. The summed E-state index contributed by atoms with van der Waals surface area (Å²) in [6.45, 7) is 3.03. The molecule has 0 bridgehead atoms. The molecule has 4 nitrogen and oxygen atoms in total. The number of benzene rings is 1. The lowest BCUT2D eigenvalue weighted by Crippen LogP contribution is -2.25. The van der Waals surface area contributed by atoms with Crippen molar-refractivity contribution < 1.29 is 4.79 Å². The third kappa shape index (κ3) is 5.02. The van der Waals surface area contributed by atoms with E-state index in [0.29, 0.717) is 11.6 Å². The minimum absolute atomic E-state index is 0.0560. The quantitative estimate of drug-likeness (QED) is 0.477. The number of hydrogen-bond donors (Lipinski definition) is 2. The SMILES string of the molecule is CCCN/C=C(/C#N)C(=O)NCc1ccccc1Cl. The Labute approximate surface area is 118 Å². The van der Waals surface area contributed by atoms with Gasteiger partial charge in [0.2, 0.25) is 0 Å². The molecule has 1 amide bonds. The molecule has 0 aliphatic heterocycles. The van der Waals surface area contributed by atoms with Crippen molar-refractivity contribution in [2.75, 3.05) is 6.54 Å². The summed E-state index contributed by atoms with van der Waals surface area (Å²) < 4.78 is 0. The molecule has 1 aromatic carbocycles. The standard InChI is InChI=1S/C14H16ClN3O/c1-2-7-17-9-12(8-16)14(19)18-10-11-5-3-4-6-13(11)15/h3-6,9,17H,2,7,10H2,1H3,(H,18,19)/b12-9-. The minimum Gasteiger partial charge on any atom is -0.390 e. The monoisotopic (exact) mass is 277 g/mol. The van der Waals surface area contributed by atoms with Gasteiger partial charge in [-0.3, -0.25) is 4.79 Å². The zero-order valence-electron chi connectivity index (χ0n) is 10.7. The van der Waals surface area contributed by atoms with Gasteiger partial charge in [0.15, 0.2) is 0 Å². The molecule has 1 rings (SSSR count). The lowest BCUT2D eigenvalue weighted by molar-refractivity contribution is -0.117. The lowest BCUT2D eigenvalue weighted by Gasteiger charge is -2.06. The summed E-state index contributed by atoms with van der Waals surface area (Å²) in [4.78, 5) is 11.8. The van der Waals surface area contributed by atoms with Crippen molar-refractivity contribution in [2.24, 2.45) is 0 Å². The summed E-state index contributed by atoms with van der Waals surface area (Å²) in [5.41, 5.74) is 0.872. The Morgan fingerprint density at radius 1 is 1.47 bits per heavy atom. The molecule has 100 valence electrons. The number of nitrogens with one attached hydrogen (secondary N) is 2. The maximum Gasteiger partial charge on any atom is 0.263 e. The average Bonchev–Trinajstić information content (AvgIpc) is 2.42. The first-order chi connectivity index (χ1) is 9.19. The van der Waals surface area contributed by atoms with E-state index in [2.05, 4.69) is 10.6 Å². The van der Waals surface area contributed by atoms with E-state index in [1.807, 2.05) is 31.2 Å². The lowest BCUT2D eigenvalue weighted by atomic mass is 10.2. The Balaban J connectivity index is 2.57. The largest absolute Gasteiger partial charge is 0.390 e. The summed E-state index contributed by atoms with van der Waals surface area (Å²) in [6, 6.07) is 9.12. The third-order valence-corrected chi connectivity index (χ3v) is 2.77. The molecule has 0 heterocycles. The number of nitrogens with zero attached hydrogens (tertiary/aromatic N) is 1. The second-order valence-corrected chi connectivity index (χ2v) is 4.31. The molecule has 0 aliphatic carbocycles. The number of carbonyl (C=O) groups is 1. The highest BCUT2D eigenvalue weighted by Crippen LogP contribution is 2.14. The van der Waals surface area contributed by atoms with Crippen LogP contribution in [0.1, 0.15) is 18.9 Å². The van der Waals surface area contributed by atoms with E-state index in [4.69, 9.17) is 16.9 Å². The summed E-state index contributed by atoms with van der Waals surface area (Å²) >= 11 is 5.98. The Hall–Kier alpha value is -1.99. The highest BCUT2D eigenvalue weighted by Gasteiger charge is 2.08. The van der Waals surface area contributed by atoms with Gasteiger partial charge in [-0.05, 0) is 18.1 Å². The Kier molecular flexibility index (Phi) is 6.48. The molecule has 5 heteroatoms. The van der Waals surface area contributed by atoms with Gasteiger partial charge in [-0.15, -0.1) is 0 Å². The van der Waals surface area contributed by atoms with Crippen molar-refractivity contribution in [1.29, 1.82) is 5.26 Å². The molecule has 0 radical (unpaired) electrons. The summed E-state index contributed by atoms with van der Waals surface area (Å²) in [5.74, 6) is -0.411. The first-order valence-electron chi connectivity index (χ1n) is 6.04. The van der Waals surface area contributed by atoms with Crippen LogP contribution in [0.5, 0.6) is 0 Å². The van der Waals surface area contributed by atoms with Crippen molar-refractivity contribution >= 4 is 17.5 Å². The predicted molar refractivity (Wildman–Crippen MR) is 75.3 cm³/mol. The van der Waals surface area contributed by atoms with Crippen LogP contribution in [0.4, 0.5) is 0 Å². The Morgan fingerprint density at radius 3 is 2.84 bits per heavy atom. The maximum atomic E-state index is 11.8. The molecule has 0 unspecified atom stereocenters. The normalized spacial score (nSPS) is 10.7. The van der Waals surface area contributed by atoms with Crippen LogP contribution in [0, 0.1) is 11.3 Å². The minimum atomic E-state index is -0.411. The molecule has 19 heavy (non-hydrogen) atoms. The van der Waals surface area contributed by atoms with Crippen LogP contribution in [0.15, 0.2) is 36.0 Å². The molecule has 0 saturated carbocycles. The van der Waals surface area contributed by atoms with Gasteiger partial charge in [-0.2, -0.15) is 5.26 Å². The smallest absolute Gasteiger partial charge is 0.263 e. The van der Waals surface area contributed by atoms with Crippen LogP contribution in [0.25, 0.3) is 0 Å². The van der Waals surface area contributed by atoms with E-state index in [9.17, 15) is 4.79 Å². The molecule has 0 fully saturated rings. The van der Waals surface area contributed by atoms with E-state index in [-0.39, 0.29) is 5.57 Å². The van der Waals surface area contributed by atoms with Crippen LogP contribution in [-0.2, 0) is 11.3 Å². The van der Waals surface area contributed by atoms with E-state index >= 15 is 0 Å². The number of nitriles is 1. The first-order valence-corrected chi connectivity index (χ1v) is 6.42. The van der Waals surface area contributed by atoms with Gasteiger partial charge in [0, 0.05) is 24.3 Å². The molecule has 1 aromatic rings. The fourth-order valence-electron chi connectivity index (χ4n) is 1.38. The zero-order chi connectivity index (χ0) is 14.1. The molecule has 0 aliphatic rings. The van der Waals surface area contributed by atoms with E-state index in [0.717, 1.165) is 18.5 Å². The molecule has 0 aromatic heterocycles. The highest BCUT2D eigenvalue weighted by molar-refractivity contribution is 6.31. The van der Waals surface area contributed by atoms with Crippen LogP contribution >= 0.6 is 11.6 Å². The van der Waals surface area contributed by atoms with Crippen LogP contribution < -0.4 is 10.6 Å². The number of halogens is 1. The number of rotatable bonds is 6. The molecule has 0 saturated heterocycles. The second kappa shape index (κ2) is 8.17. The Bertz CT molecular complexity index is 506. The summed E-state index contributed by atoms with van der Waals surface area (Å²) in [5, 5.41) is 15.1. The molecule has 0 atom stereocenters. The summed E-state index contributed by atoms with van der Waals surface area (Å²) in [7, 11) is 0. The zero-order valence-corrected chi connectivity index (χ0v) is 11.5. The number of hydrogen-bond acceptors (Lipinski definition) is 3. The molecule has 0 spiro atoms. The van der Waals surface area contributed by atoms with Crippen molar-refractivity contribution in [3.63, 3.8) is 0 Å². The van der Waals surface area contributed by atoms with E-state index in [1.54, 1.807) is 6.07 Å². The topological polar surface area (TPSA) is 64.9 Å². The molecule has 2 N–H and O–H groups in total. The van der Waals surface area contributed by atoms with Gasteiger partial charge in [-0.25, -0.2) is 0 Å². The number of amides is 1. The van der Waals surface area contributed by atoms with Crippen LogP contribution in [0.3, 0.4) is 0 Å². The van der Waals surface area contributed by atoms with Gasteiger partial charge in [0.25, 0.3) is 5.91 Å². The van der Waals surface area contributed by atoms with Crippen LogP contribution in [-0.4, -0.2) is 12.5 Å². The van der Waals surface area contributed by atoms with Crippen molar-refractivity contribution in [1.82, 2.24) is 10.6 Å². The second-order valence-electron chi connectivity index (χ2n) is 3.90. The van der Waals surface area contributed by atoms with Crippen molar-refractivity contribution in [3.05, 3.63) is 46.6 Å². The van der Waals surface area contributed by atoms with E-state index in [1.165, 1.54) is 6.20 Å². The van der Waals surface area contributed by atoms with Gasteiger partial charge < -0.3 is 10.6 Å². The van der Waals surface area contributed by atoms with Crippen molar-refractivity contribution in [3.8, 4) is 6.07 Å². The van der Waals surface area contributed by atoms with Crippen LogP contribution in [0.2, 0.25) is 5.02 Å². The fourth-order valence-corrected chi connectivity index (χ4v) is 1.58. The Morgan fingerprint density at radius 2 is 2.21 bits per heavy atom. The fraction of sp³-hybridized carbons (Fsp3) is 0.286. The van der Waals surface area contributed by atoms with Crippen molar-refractivity contribution in [2.45, 2.75) is 19.9 Å². The predicted octanol–water partition coefficient (Wildman–Crippen LogP) is 2.36. The number of carbonyl (C=O) groups excluding carboxylic acids is 1. The van der Waals surface area contributed by atoms with Gasteiger partial charge in [-0.1, -0.05) is 36.7 Å². The molecular formula is C14H16ClN3O. The maximum absolute atomic E-state index is 11.8. The molecular weight excluding hydrogens is 262 g/mol. The third-order valence-electron chi connectivity index (χ3n) is 2.40. The first kappa shape index (κ1) is 15.1.